The van der Waals surface area contributed by atoms with Crippen LogP contribution >= 0.6 is 0 Å². The van der Waals surface area contributed by atoms with Gasteiger partial charge in [0.1, 0.15) is 41.2 Å². The number of hydrogen-bond donors (Lipinski definition) is 0. The maximum Gasteiger partial charge on any atom is 0.418 e. The molecule has 0 spiro atoms. The first kappa shape index (κ1) is 33.6. The Hall–Kier alpha value is -6.32. The standard InChI is InChI=1S/C29H4F12N6/c30-14-7-47-6-13(29(39,40)41)15(14)8(1-42)16-17(9(2-43)19-25(35)21(31)11(4-45)22(32)26(19)36)18(16)10(3-44)20-27(37)23(33)12(5-46)24(34)28(20)38/h6-7,19,25H/b16-8-,17-9+,18-10?. The third kappa shape index (κ3) is 5.04. The molecule has 4 rings (SSSR count). The molecule has 2 aliphatic rings. The molecule has 0 saturated heterocycles. The van der Waals surface area contributed by atoms with E-state index in [0.29, 0.717) is 0 Å². The summed E-state index contributed by atoms with van der Waals surface area (Å²) in [6, 6.07) is 4.75. The second kappa shape index (κ2) is 11.9. The number of hydrogen-bond acceptors (Lipinski definition) is 6. The lowest BCUT2D eigenvalue weighted by molar-refractivity contribution is -0.138. The van der Waals surface area contributed by atoms with E-state index in [2.05, 4.69) is 4.98 Å². The predicted octanol–water partition coefficient (Wildman–Crippen LogP) is 7.62. The smallest absolute Gasteiger partial charge is 0.261 e. The van der Waals surface area contributed by atoms with Crippen molar-refractivity contribution in [1.82, 2.24) is 4.98 Å². The van der Waals surface area contributed by atoms with E-state index >= 15 is 17.6 Å². The molecule has 2 unspecified atom stereocenters. The number of nitrogens with zero attached hydrogens (tertiary/aromatic N) is 6. The topological polar surface area (TPSA) is 132 Å². The molecule has 2 aliphatic carbocycles. The summed E-state index contributed by atoms with van der Waals surface area (Å²) < 4.78 is 175. The Labute approximate surface area is 253 Å². The third-order valence-corrected chi connectivity index (χ3v) is 6.78. The first-order valence-electron chi connectivity index (χ1n) is 12.0. The molecule has 2 aromatic rings. The van der Waals surface area contributed by atoms with E-state index in [4.69, 9.17) is 10.5 Å². The lowest BCUT2D eigenvalue weighted by atomic mass is 9.85. The molecule has 6 nitrogen and oxygen atoms in total. The van der Waals surface area contributed by atoms with Crippen molar-refractivity contribution in [3.05, 3.63) is 109 Å². The Balaban J connectivity index is 2.29. The molecule has 1 saturated carbocycles. The molecule has 0 amide bonds. The van der Waals surface area contributed by atoms with Gasteiger partial charge in [-0.05, 0) is 0 Å². The fourth-order valence-corrected chi connectivity index (χ4v) is 4.71. The first-order chi connectivity index (χ1) is 22.0. The van der Waals surface area contributed by atoms with Gasteiger partial charge in [0.2, 0.25) is 0 Å². The number of pyridine rings is 1. The summed E-state index contributed by atoms with van der Waals surface area (Å²) in [6.45, 7) is 0. The number of nitriles is 5. The van der Waals surface area contributed by atoms with E-state index < -0.39 is 126 Å². The van der Waals surface area contributed by atoms with Crippen LogP contribution in [0.3, 0.4) is 0 Å². The first-order valence-corrected chi connectivity index (χ1v) is 12.0. The Morgan fingerprint density at radius 2 is 1.19 bits per heavy atom. The number of aromatic nitrogens is 1. The van der Waals surface area contributed by atoms with Crippen LogP contribution in [0.15, 0.2) is 57.7 Å². The molecule has 0 aliphatic heterocycles. The van der Waals surface area contributed by atoms with Crippen molar-refractivity contribution < 1.29 is 52.7 Å². The van der Waals surface area contributed by atoms with Crippen LogP contribution in [0.4, 0.5) is 52.7 Å². The summed E-state index contributed by atoms with van der Waals surface area (Å²) in [5.41, 5.74) is -18.1. The van der Waals surface area contributed by atoms with Crippen LogP contribution in [-0.2, 0) is 6.18 Å². The van der Waals surface area contributed by atoms with Crippen molar-refractivity contribution >= 4 is 11.1 Å². The number of halogens is 12. The minimum absolute atomic E-state index is 0.00726. The van der Waals surface area contributed by atoms with E-state index in [1.807, 2.05) is 0 Å². The number of rotatable bonds is 3. The second-order valence-electron chi connectivity index (χ2n) is 9.16. The van der Waals surface area contributed by atoms with Crippen molar-refractivity contribution in [3.63, 3.8) is 0 Å². The van der Waals surface area contributed by atoms with Gasteiger partial charge in [-0.15, -0.1) is 0 Å². The van der Waals surface area contributed by atoms with Gasteiger partial charge < -0.3 is 0 Å². The zero-order valence-electron chi connectivity index (χ0n) is 22.0. The largest absolute Gasteiger partial charge is 0.418 e. The van der Waals surface area contributed by atoms with Crippen LogP contribution in [0.1, 0.15) is 22.3 Å². The summed E-state index contributed by atoms with van der Waals surface area (Å²) in [5.74, 6) is -21.8. The minimum atomic E-state index is -5.52. The van der Waals surface area contributed by atoms with Gasteiger partial charge in [-0.1, -0.05) is 0 Å². The molecule has 0 N–H and O–H groups in total. The summed E-state index contributed by atoms with van der Waals surface area (Å²) in [7, 11) is 0. The highest BCUT2D eigenvalue weighted by atomic mass is 19.4. The molecule has 1 aromatic carbocycles. The fourth-order valence-electron chi connectivity index (χ4n) is 4.71. The molecule has 47 heavy (non-hydrogen) atoms. The van der Waals surface area contributed by atoms with Gasteiger partial charge in [0.25, 0.3) is 0 Å². The van der Waals surface area contributed by atoms with Crippen LogP contribution in [0.2, 0.25) is 0 Å². The molecule has 2 atom stereocenters. The van der Waals surface area contributed by atoms with Crippen molar-refractivity contribution in [3.8, 4) is 30.3 Å². The lowest BCUT2D eigenvalue weighted by Crippen LogP contribution is -2.25. The molecular formula is C29H4F12N6. The van der Waals surface area contributed by atoms with Gasteiger partial charge in [-0.3, -0.25) is 4.98 Å². The highest BCUT2D eigenvalue weighted by molar-refractivity contribution is 6.07. The molecule has 18 heteroatoms. The lowest BCUT2D eigenvalue weighted by Gasteiger charge is -2.22. The number of alkyl halides is 4. The number of benzene rings is 1. The highest BCUT2D eigenvalue weighted by Gasteiger charge is 2.50. The summed E-state index contributed by atoms with van der Waals surface area (Å²) in [5, 5.41) is 47.2. The SMILES string of the molecule is N#CC1=C(F)C(F)C(/C(C#N)=C2/C(=C(C#N)c3c(F)c(F)c(C#N)c(F)c3F)/C2=C(/C#N)c2c(F)cncc2C(F)(F)F)C(F)=C1F. The summed E-state index contributed by atoms with van der Waals surface area (Å²) in [4.78, 5) is 3.00. The summed E-state index contributed by atoms with van der Waals surface area (Å²) in [6.07, 6.45) is -8.84. The van der Waals surface area contributed by atoms with E-state index in [1.54, 1.807) is 0 Å². The monoisotopic (exact) mass is 664 g/mol. The van der Waals surface area contributed by atoms with Gasteiger partial charge in [-0.2, -0.15) is 39.5 Å². The minimum Gasteiger partial charge on any atom is -0.261 e. The molecule has 1 fully saturated rings. The fraction of sp³-hybridized carbons (Fsp3) is 0.103. The molecular weight excluding hydrogens is 660 g/mol. The third-order valence-electron chi connectivity index (χ3n) is 6.78. The average Bonchev–Trinajstić information content (AvgIpc) is 3.74. The summed E-state index contributed by atoms with van der Waals surface area (Å²) >= 11 is 0. The van der Waals surface area contributed by atoms with Crippen molar-refractivity contribution in [2.45, 2.75) is 12.3 Å². The van der Waals surface area contributed by atoms with Gasteiger partial charge in [0.15, 0.2) is 46.9 Å². The normalized spacial score (nSPS) is 20.8. The second-order valence-corrected chi connectivity index (χ2v) is 9.16. The van der Waals surface area contributed by atoms with E-state index in [1.165, 1.54) is 0 Å². The Kier molecular flexibility index (Phi) is 8.49. The van der Waals surface area contributed by atoms with Gasteiger partial charge in [-0.25, -0.2) is 39.5 Å². The van der Waals surface area contributed by atoms with Gasteiger partial charge in [0, 0.05) is 28.5 Å². The maximum atomic E-state index is 15.2. The maximum absolute atomic E-state index is 15.2. The molecule has 1 aromatic heterocycles. The quantitative estimate of drug-likeness (QED) is 0.188. The van der Waals surface area contributed by atoms with Crippen molar-refractivity contribution in [1.29, 1.82) is 26.3 Å². The number of allylic oxidation sites excluding steroid dienone is 10. The van der Waals surface area contributed by atoms with Crippen LogP contribution < -0.4 is 0 Å². The van der Waals surface area contributed by atoms with E-state index in [9.17, 15) is 50.9 Å². The average molecular weight is 664 g/mol. The van der Waals surface area contributed by atoms with Crippen LogP contribution in [-0.4, -0.2) is 11.2 Å². The van der Waals surface area contributed by atoms with Crippen LogP contribution in [0.25, 0.3) is 11.1 Å². The zero-order valence-corrected chi connectivity index (χ0v) is 22.0. The van der Waals surface area contributed by atoms with Gasteiger partial charge in [0.05, 0.1) is 46.0 Å². The van der Waals surface area contributed by atoms with Crippen LogP contribution in [0, 0.1) is 91.7 Å². The van der Waals surface area contributed by atoms with E-state index in [0.717, 1.165) is 30.3 Å². The Bertz CT molecular complexity index is 2160. The molecule has 0 radical (unpaired) electrons. The zero-order chi connectivity index (χ0) is 35.3. The van der Waals surface area contributed by atoms with Gasteiger partial charge >= 0.3 is 6.18 Å². The Morgan fingerprint density at radius 3 is 1.64 bits per heavy atom. The van der Waals surface area contributed by atoms with Crippen molar-refractivity contribution in [2.24, 2.45) is 5.92 Å². The van der Waals surface area contributed by atoms with E-state index in [-0.39, 0.29) is 12.4 Å². The van der Waals surface area contributed by atoms with Crippen LogP contribution in [0.5, 0.6) is 0 Å². The molecule has 0 bridgehead atoms. The van der Waals surface area contributed by atoms with Crippen molar-refractivity contribution in [2.75, 3.05) is 0 Å². The highest BCUT2D eigenvalue weighted by Crippen LogP contribution is 2.58. The molecule has 234 valence electrons. The predicted molar refractivity (Wildman–Crippen MR) is 129 cm³/mol. The molecule has 1 heterocycles. The Morgan fingerprint density at radius 1 is 0.660 bits per heavy atom.